The van der Waals surface area contributed by atoms with Gasteiger partial charge in [0.2, 0.25) is 0 Å². The molecule has 0 fully saturated rings. The van der Waals surface area contributed by atoms with E-state index in [2.05, 4.69) is 107 Å². The van der Waals surface area contributed by atoms with E-state index in [-0.39, 0.29) is 5.78 Å². The van der Waals surface area contributed by atoms with Crippen molar-refractivity contribution in [2.24, 2.45) is 41.4 Å². The monoisotopic (exact) mass is 573 g/mol. The van der Waals surface area contributed by atoms with Crippen LogP contribution in [-0.4, -0.2) is 5.78 Å². The average molecular weight is 573 g/mol. The summed E-state index contributed by atoms with van der Waals surface area (Å²) in [6.45, 7) is 40.6. The van der Waals surface area contributed by atoms with Crippen molar-refractivity contribution in [1.82, 2.24) is 0 Å². The predicted octanol–water partition coefficient (Wildman–Crippen LogP) is 12.7. The summed E-state index contributed by atoms with van der Waals surface area (Å²) in [5.74, 6) is 12.5. The van der Waals surface area contributed by atoms with Gasteiger partial charge in [-0.2, -0.15) is 0 Å². The molecule has 0 aliphatic rings. The van der Waals surface area contributed by atoms with E-state index in [1.165, 1.54) is 12.8 Å². The lowest BCUT2D eigenvalue weighted by Crippen LogP contribution is -1.95. The normalized spacial score (nSPS) is 8.88. The van der Waals surface area contributed by atoms with Gasteiger partial charge < -0.3 is 4.79 Å². The fourth-order valence-electron chi connectivity index (χ4n) is 1.96. The van der Waals surface area contributed by atoms with E-state index in [9.17, 15) is 4.79 Å². The molecule has 1 nitrogen and oxygen atoms in total. The van der Waals surface area contributed by atoms with Gasteiger partial charge in [-0.15, -0.1) is 50.2 Å². The van der Waals surface area contributed by atoms with Crippen LogP contribution in [0.3, 0.4) is 0 Å². The summed E-state index contributed by atoms with van der Waals surface area (Å²) in [5.41, 5.74) is 0. The molecule has 0 bridgehead atoms. The summed E-state index contributed by atoms with van der Waals surface area (Å²) in [4.78, 5) is 10.3. The van der Waals surface area contributed by atoms with E-state index in [4.69, 9.17) is 19.3 Å². The predicted molar refractivity (Wildman–Crippen MR) is 195 cm³/mol. The van der Waals surface area contributed by atoms with Crippen LogP contribution < -0.4 is 0 Å². The molecule has 0 N–H and O–H groups in total. The number of terminal acetylenes is 3. The van der Waals surface area contributed by atoms with Gasteiger partial charge in [0.1, 0.15) is 5.78 Å². The molecule has 0 saturated carbocycles. The number of Topliss-reactive ketones (excluding diaryl/α,β-unsaturated/α-hetero) is 1. The molecule has 0 amide bonds. The standard InChI is InChI=1S/C6H12O.C6H14.C6H12.2C6H10.C5H10.C5H8/c1-5(2)4-6(3)7;4*1-4-5-6(2)3;2*1-4-5(2)3/h5H,4H2,1-3H3;6H,4-5H2,1-3H3;4,6H,1,5H2,2-3H3;2*1,6H,5H2,2-3H3;4-5H,1H2,2-3H3;1,5H,2-3H3. The molecule has 0 unspecified atom stereocenters. The number of hydrogen-bond donors (Lipinski definition) is 0. The second-order valence-electron chi connectivity index (χ2n) is 12.8. The molecule has 0 atom stereocenters. The third-order valence-electron chi connectivity index (χ3n) is 4.06. The number of carbonyl (C=O) groups excluding carboxylic acids is 1. The maximum atomic E-state index is 10.3. The highest BCUT2D eigenvalue weighted by atomic mass is 16.1. The maximum absolute atomic E-state index is 10.3. The number of ketones is 1. The molecule has 242 valence electrons. The molecule has 0 radical (unpaired) electrons. The van der Waals surface area contributed by atoms with E-state index >= 15 is 0 Å². The van der Waals surface area contributed by atoms with Gasteiger partial charge in [-0.25, -0.2) is 0 Å². The zero-order valence-electron chi connectivity index (χ0n) is 31.0. The van der Waals surface area contributed by atoms with Gasteiger partial charge in [0.15, 0.2) is 0 Å². The minimum absolute atomic E-state index is 0.287. The molecular formula is C40H76O. The van der Waals surface area contributed by atoms with Gasteiger partial charge in [-0.1, -0.05) is 129 Å². The third-order valence-corrected chi connectivity index (χ3v) is 4.06. The van der Waals surface area contributed by atoms with E-state index in [0.717, 1.165) is 37.5 Å². The molecule has 0 heterocycles. The molecule has 1 heteroatoms. The fourth-order valence-corrected chi connectivity index (χ4v) is 1.96. The van der Waals surface area contributed by atoms with Crippen molar-refractivity contribution in [3.05, 3.63) is 25.3 Å². The van der Waals surface area contributed by atoms with Crippen LogP contribution in [0.5, 0.6) is 0 Å². The lowest BCUT2D eigenvalue weighted by molar-refractivity contribution is -0.117. The van der Waals surface area contributed by atoms with Gasteiger partial charge in [0.25, 0.3) is 0 Å². The molecule has 0 aromatic rings. The first-order chi connectivity index (χ1) is 18.7. The van der Waals surface area contributed by atoms with E-state index in [1.54, 1.807) is 6.92 Å². The summed E-state index contributed by atoms with van der Waals surface area (Å²) in [6.07, 6.45) is 25.1. The van der Waals surface area contributed by atoms with Gasteiger partial charge in [0, 0.05) is 25.2 Å². The quantitative estimate of drug-likeness (QED) is 0.198. The van der Waals surface area contributed by atoms with Gasteiger partial charge in [-0.05, 0) is 48.9 Å². The Morgan fingerprint density at radius 2 is 1.02 bits per heavy atom. The number of carbonyl (C=O) groups is 1. The van der Waals surface area contributed by atoms with Gasteiger partial charge in [0.05, 0.1) is 0 Å². The molecule has 0 aromatic heterocycles. The Kier molecular flexibility index (Phi) is 63.7. The van der Waals surface area contributed by atoms with Crippen LogP contribution in [0.15, 0.2) is 25.3 Å². The Labute approximate surface area is 263 Å². The summed E-state index contributed by atoms with van der Waals surface area (Å²) < 4.78 is 0. The van der Waals surface area contributed by atoms with Crippen molar-refractivity contribution in [3.63, 3.8) is 0 Å². The molecule has 0 aliphatic carbocycles. The first-order valence-electron chi connectivity index (χ1n) is 15.8. The Hall–Kier alpha value is -2.17. The number of allylic oxidation sites excluding steroid dienone is 2. The zero-order chi connectivity index (χ0) is 34.4. The largest absolute Gasteiger partial charge is 0.300 e. The highest BCUT2D eigenvalue weighted by Gasteiger charge is 1.95. The fraction of sp³-hybridized carbons (Fsp3) is 0.725. The highest BCUT2D eigenvalue weighted by molar-refractivity contribution is 5.75. The van der Waals surface area contributed by atoms with Crippen LogP contribution in [0.4, 0.5) is 0 Å². The molecule has 41 heavy (non-hydrogen) atoms. The Morgan fingerprint density at radius 1 is 0.683 bits per heavy atom. The minimum Gasteiger partial charge on any atom is -0.300 e. The third kappa shape index (κ3) is 153. The molecule has 0 spiro atoms. The van der Waals surface area contributed by atoms with E-state index < -0.39 is 0 Å². The van der Waals surface area contributed by atoms with Crippen molar-refractivity contribution in [1.29, 1.82) is 0 Å². The van der Waals surface area contributed by atoms with E-state index in [0.29, 0.717) is 29.6 Å². The summed E-state index contributed by atoms with van der Waals surface area (Å²) in [6, 6.07) is 0. The summed E-state index contributed by atoms with van der Waals surface area (Å²) in [7, 11) is 0. The minimum atomic E-state index is 0.287. The smallest absolute Gasteiger partial charge is 0.130 e. The summed E-state index contributed by atoms with van der Waals surface area (Å²) >= 11 is 0. The van der Waals surface area contributed by atoms with Gasteiger partial charge >= 0.3 is 0 Å². The van der Waals surface area contributed by atoms with Crippen LogP contribution in [-0.2, 0) is 4.79 Å². The lowest BCUT2D eigenvalue weighted by Gasteiger charge is -1.95. The Balaban J connectivity index is -0.0000000660. The van der Waals surface area contributed by atoms with E-state index in [1.807, 2.05) is 39.8 Å². The zero-order valence-corrected chi connectivity index (χ0v) is 31.0. The average Bonchev–Trinajstić information content (AvgIpc) is 2.80. The van der Waals surface area contributed by atoms with Crippen molar-refractivity contribution in [3.8, 4) is 37.0 Å². The van der Waals surface area contributed by atoms with Crippen molar-refractivity contribution >= 4 is 5.78 Å². The molecule has 0 aliphatic heterocycles. The summed E-state index contributed by atoms with van der Waals surface area (Å²) in [5, 5.41) is 0. The Bertz CT molecular complexity index is 601. The Morgan fingerprint density at radius 3 is 1.02 bits per heavy atom. The van der Waals surface area contributed by atoms with Gasteiger partial charge in [-0.3, -0.25) is 0 Å². The SMILES string of the molecule is C#CC(C)C.C#CCC(C)C.C#CCC(C)C.C=CC(C)C.C=CCC(C)C.CC(=O)CC(C)C.CCCC(C)C. The maximum Gasteiger partial charge on any atom is 0.130 e. The second-order valence-corrected chi connectivity index (χ2v) is 12.8. The van der Waals surface area contributed by atoms with Crippen LogP contribution >= 0.6 is 0 Å². The number of rotatable bonds is 9. The highest BCUT2D eigenvalue weighted by Crippen LogP contribution is 2.00. The van der Waals surface area contributed by atoms with Crippen molar-refractivity contribution in [2.75, 3.05) is 0 Å². The molecule has 0 aromatic carbocycles. The van der Waals surface area contributed by atoms with Crippen LogP contribution in [0, 0.1) is 78.5 Å². The van der Waals surface area contributed by atoms with Crippen LogP contribution in [0.1, 0.15) is 149 Å². The van der Waals surface area contributed by atoms with Crippen LogP contribution in [0.2, 0.25) is 0 Å². The van der Waals surface area contributed by atoms with Crippen molar-refractivity contribution < 1.29 is 4.79 Å². The topological polar surface area (TPSA) is 17.1 Å². The molecule has 0 saturated heterocycles. The molecular weight excluding hydrogens is 496 g/mol. The lowest BCUT2D eigenvalue weighted by atomic mass is 10.1. The first kappa shape index (κ1) is 54.8. The first-order valence-corrected chi connectivity index (χ1v) is 15.8. The molecule has 0 rings (SSSR count). The second kappa shape index (κ2) is 47.6. The number of hydrogen-bond acceptors (Lipinski definition) is 1. The van der Waals surface area contributed by atoms with Crippen molar-refractivity contribution in [2.45, 2.75) is 149 Å². The van der Waals surface area contributed by atoms with Crippen LogP contribution in [0.25, 0.3) is 0 Å².